The Balaban J connectivity index is 2.00. The summed E-state index contributed by atoms with van der Waals surface area (Å²) in [6.07, 6.45) is 0.714. The second kappa shape index (κ2) is 6.65. The van der Waals surface area contributed by atoms with Crippen molar-refractivity contribution < 1.29 is 4.79 Å². The number of nitrogens with zero attached hydrogens (tertiary/aromatic N) is 2. The summed E-state index contributed by atoms with van der Waals surface area (Å²) in [6.45, 7) is 4.32. The van der Waals surface area contributed by atoms with Gasteiger partial charge >= 0.3 is 0 Å². The minimum atomic E-state index is -0.0104. The van der Waals surface area contributed by atoms with Crippen molar-refractivity contribution in [2.45, 2.75) is 26.3 Å². The van der Waals surface area contributed by atoms with Crippen molar-refractivity contribution >= 4 is 16.9 Å². The van der Waals surface area contributed by atoms with Gasteiger partial charge in [-0.2, -0.15) is 0 Å². The molecule has 4 nitrogen and oxygen atoms in total. The summed E-state index contributed by atoms with van der Waals surface area (Å²) in [5.74, 6) is 0.986. The predicted molar refractivity (Wildman–Crippen MR) is 92.4 cm³/mol. The molecule has 1 heterocycles. The van der Waals surface area contributed by atoms with Crippen molar-refractivity contribution in [1.29, 1.82) is 0 Å². The normalized spacial score (nSPS) is 12.3. The number of amides is 1. The summed E-state index contributed by atoms with van der Waals surface area (Å²) in [4.78, 5) is 15.9. The summed E-state index contributed by atoms with van der Waals surface area (Å²) in [5.41, 5.74) is 3.37. The van der Waals surface area contributed by atoms with Crippen LogP contribution in [-0.4, -0.2) is 22.0 Å². The van der Waals surface area contributed by atoms with Gasteiger partial charge in [-0.25, -0.2) is 4.98 Å². The Bertz CT molecular complexity index is 808. The largest absolute Gasteiger partial charge is 0.356 e. The number of rotatable bonds is 5. The van der Waals surface area contributed by atoms with Crippen molar-refractivity contribution in [3.8, 4) is 0 Å². The van der Waals surface area contributed by atoms with Crippen LogP contribution in [0, 0.1) is 0 Å². The summed E-state index contributed by atoms with van der Waals surface area (Å²) in [7, 11) is 0. The van der Waals surface area contributed by atoms with Crippen LogP contribution in [0.4, 0.5) is 0 Å². The zero-order valence-corrected chi connectivity index (χ0v) is 13.5. The van der Waals surface area contributed by atoms with Crippen molar-refractivity contribution in [3.05, 3.63) is 66.0 Å². The molecule has 1 aromatic heterocycles. The van der Waals surface area contributed by atoms with E-state index >= 15 is 0 Å². The van der Waals surface area contributed by atoms with E-state index in [0.717, 1.165) is 16.9 Å². The second-order valence-corrected chi connectivity index (χ2v) is 5.71. The number of hydrogen-bond donors (Lipinski definition) is 1. The van der Waals surface area contributed by atoms with Gasteiger partial charge in [0.05, 0.1) is 17.1 Å². The van der Waals surface area contributed by atoms with E-state index in [4.69, 9.17) is 4.98 Å². The Labute approximate surface area is 136 Å². The molecule has 23 heavy (non-hydrogen) atoms. The van der Waals surface area contributed by atoms with E-state index in [1.54, 1.807) is 0 Å². The minimum Gasteiger partial charge on any atom is -0.356 e. The van der Waals surface area contributed by atoms with Gasteiger partial charge in [-0.15, -0.1) is 0 Å². The lowest BCUT2D eigenvalue weighted by Gasteiger charge is -2.18. The molecule has 0 unspecified atom stereocenters. The maximum absolute atomic E-state index is 11.1. The van der Waals surface area contributed by atoms with Gasteiger partial charge in [0.15, 0.2) is 0 Å². The summed E-state index contributed by atoms with van der Waals surface area (Å²) < 4.78 is 2.27. The fraction of sp³-hybridized carbons (Fsp3) is 0.263. The highest BCUT2D eigenvalue weighted by molar-refractivity contribution is 5.76. The second-order valence-electron chi connectivity index (χ2n) is 5.71. The van der Waals surface area contributed by atoms with Crippen LogP contribution in [0.5, 0.6) is 0 Å². The average molecular weight is 307 g/mol. The first-order valence-electron chi connectivity index (χ1n) is 7.92. The third-order valence-corrected chi connectivity index (χ3v) is 4.06. The molecule has 0 aliphatic rings. The van der Waals surface area contributed by atoms with Gasteiger partial charge in [-0.05, 0) is 24.6 Å². The number of imidazole rings is 1. The molecule has 1 atom stereocenters. The van der Waals surface area contributed by atoms with Gasteiger partial charge in [0.1, 0.15) is 5.82 Å². The molecular weight excluding hydrogens is 286 g/mol. The summed E-state index contributed by atoms with van der Waals surface area (Å²) in [5, 5.41) is 2.85. The standard InChI is InChI=1S/C19H21N3O/c1-14(16-8-4-3-5-9-16)22-18-11-7-6-10-17(18)21-19(22)12-13-20-15(2)23/h3-11,14H,12-13H2,1-2H3,(H,20,23)/t14-/m0/s1. The first-order chi connectivity index (χ1) is 11.2. The minimum absolute atomic E-state index is 0.0104. The van der Waals surface area contributed by atoms with Gasteiger partial charge in [0, 0.05) is 19.9 Å². The highest BCUT2D eigenvalue weighted by atomic mass is 16.1. The fourth-order valence-electron chi connectivity index (χ4n) is 2.93. The third kappa shape index (κ3) is 3.26. The highest BCUT2D eigenvalue weighted by Gasteiger charge is 2.16. The van der Waals surface area contributed by atoms with E-state index in [-0.39, 0.29) is 11.9 Å². The molecule has 1 amide bonds. The Hall–Kier alpha value is -2.62. The molecule has 0 aliphatic carbocycles. The lowest BCUT2D eigenvalue weighted by atomic mass is 10.1. The molecule has 2 aromatic carbocycles. The molecule has 0 aliphatic heterocycles. The van der Waals surface area contributed by atoms with Crippen LogP contribution in [0.15, 0.2) is 54.6 Å². The quantitative estimate of drug-likeness (QED) is 0.786. The number of hydrogen-bond acceptors (Lipinski definition) is 2. The van der Waals surface area contributed by atoms with Crippen molar-refractivity contribution in [3.63, 3.8) is 0 Å². The topological polar surface area (TPSA) is 46.9 Å². The smallest absolute Gasteiger partial charge is 0.216 e. The molecule has 0 bridgehead atoms. The van der Waals surface area contributed by atoms with Gasteiger partial charge in [-0.1, -0.05) is 42.5 Å². The lowest BCUT2D eigenvalue weighted by Crippen LogP contribution is -2.24. The highest BCUT2D eigenvalue weighted by Crippen LogP contribution is 2.26. The summed E-state index contributed by atoms with van der Waals surface area (Å²) in [6, 6.07) is 18.8. The number of carbonyl (C=O) groups excluding carboxylic acids is 1. The number of aromatic nitrogens is 2. The number of nitrogens with one attached hydrogen (secondary N) is 1. The van der Waals surface area contributed by atoms with Crippen LogP contribution < -0.4 is 5.32 Å². The SMILES string of the molecule is CC(=O)NCCc1nc2ccccc2n1[C@@H](C)c1ccccc1. The van der Waals surface area contributed by atoms with Crippen LogP contribution in [0.3, 0.4) is 0 Å². The van der Waals surface area contributed by atoms with Gasteiger partial charge in [0.2, 0.25) is 5.91 Å². The Morgan fingerprint density at radius 2 is 1.83 bits per heavy atom. The van der Waals surface area contributed by atoms with Crippen LogP contribution in [0.1, 0.15) is 31.3 Å². The molecule has 1 N–H and O–H groups in total. The Morgan fingerprint density at radius 1 is 1.13 bits per heavy atom. The van der Waals surface area contributed by atoms with Gasteiger partial charge < -0.3 is 9.88 Å². The molecule has 0 fully saturated rings. The zero-order valence-electron chi connectivity index (χ0n) is 13.5. The molecule has 0 saturated heterocycles. The van der Waals surface area contributed by atoms with Crippen molar-refractivity contribution in [1.82, 2.24) is 14.9 Å². The summed E-state index contributed by atoms with van der Waals surface area (Å²) >= 11 is 0. The maximum atomic E-state index is 11.1. The molecule has 3 rings (SSSR count). The molecule has 118 valence electrons. The Kier molecular flexibility index (Phi) is 4.42. The van der Waals surface area contributed by atoms with E-state index in [0.29, 0.717) is 13.0 Å². The fourth-order valence-corrected chi connectivity index (χ4v) is 2.93. The van der Waals surface area contributed by atoms with E-state index in [1.165, 1.54) is 12.5 Å². The number of para-hydroxylation sites is 2. The number of carbonyl (C=O) groups is 1. The molecule has 0 spiro atoms. The van der Waals surface area contributed by atoms with E-state index in [9.17, 15) is 4.79 Å². The van der Waals surface area contributed by atoms with Gasteiger partial charge in [0.25, 0.3) is 0 Å². The van der Waals surface area contributed by atoms with E-state index < -0.39 is 0 Å². The molecular formula is C19H21N3O. The lowest BCUT2D eigenvalue weighted by molar-refractivity contribution is -0.118. The van der Waals surface area contributed by atoms with E-state index in [2.05, 4.69) is 47.1 Å². The monoisotopic (exact) mass is 307 g/mol. The molecule has 0 saturated carbocycles. The maximum Gasteiger partial charge on any atom is 0.216 e. The first kappa shape index (κ1) is 15.3. The van der Waals surface area contributed by atoms with Gasteiger partial charge in [-0.3, -0.25) is 4.79 Å². The van der Waals surface area contributed by atoms with Crippen LogP contribution in [0.25, 0.3) is 11.0 Å². The van der Waals surface area contributed by atoms with Crippen molar-refractivity contribution in [2.75, 3.05) is 6.54 Å². The molecule has 4 heteroatoms. The van der Waals surface area contributed by atoms with Crippen LogP contribution in [-0.2, 0) is 11.2 Å². The first-order valence-corrected chi connectivity index (χ1v) is 7.92. The third-order valence-electron chi connectivity index (χ3n) is 4.06. The molecule has 0 radical (unpaired) electrons. The van der Waals surface area contributed by atoms with Crippen LogP contribution in [0.2, 0.25) is 0 Å². The molecule has 3 aromatic rings. The number of fused-ring (bicyclic) bond motifs is 1. The Morgan fingerprint density at radius 3 is 2.57 bits per heavy atom. The van der Waals surface area contributed by atoms with E-state index in [1.807, 2.05) is 24.3 Å². The van der Waals surface area contributed by atoms with Crippen LogP contribution >= 0.6 is 0 Å². The van der Waals surface area contributed by atoms with Crippen molar-refractivity contribution in [2.24, 2.45) is 0 Å². The average Bonchev–Trinajstić information content (AvgIpc) is 2.93. The predicted octanol–water partition coefficient (Wildman–Crippen LogP) is 3.32. The zero-order chi connectivity index (χ0) is 16.2. The number of benzene rings is 2.